The maximum Gasteiger partial charge on any atom is 0.269 e. The molecule has 0 aromatic heterocycles. The smallest absolute Gasteiger partial charge is 0.269 e. The van der Waals surface area contributed by atoms with E-state index in [-0.39, 0.29) is 24.1 Å². The molecule has 6 nitrogen and oxygen atoms in total. The Morgan fingerprint density at radius 1 is 0.897 bits per heavy atom. The van der Waals surface area contributed by atoms with Crippen LogP contribution < -0.4 is 10.1 Å². The standard InChI is InChI=1S/C23H22N2O4/c26-23(17-29-21-13-11-20(12-14-21)25(27)28)24-16-15-22(18-7-3-1-4-8-18)19-9-5-2-6-10-19/h1-14,22H,15-17H2,(H,24,26). The molecule has 0 fully saturated rings. The van der Waals surface area contributed by atoms with Crippen molar-refractivity contribution < 1.29 is 14.5 Å². The number of benzene rings is 3. The Morgan fingerprint density at radius 2 is 1.45 bits per heavy atom. The summed E-state index contributed by atoms with van der Waals surface area (Å²) in [5.41, 5.74) is 2.39. The average molecular weight is 390 g/mol. The van der Waals surface area contributed by atoms with Gasteiger partial charge in [0.15, 0.2) is 6.61 Å². The molecule has 3 aromatic rings. The number of carbonyl (C=O) groups excluding carboxylic acids is 1. The summed E-state index contributed by atoms with van der Waals surface area (Å²) in [5.74, 6) is 0.369. The van der Waals surface area contributed by atoms with E-state index < -0.39 is 4.92 Å². The van der Waals surface area contributed by atoms with Crippen LogP contribution in [0.25, 0.3) is 0 Å². The summed E-state index contributed by atoms with van der Waals surface area (Å²) in [7, 11) is 0. The first-order chi connectivity index (χ1) is 14.1. The number of non-ortho nitro benzene ring substituents is 1. The Labute approximate surface area is 169 Å². The molecule has 0 aliphatic heterocycles. The van der Waals surface area contributed by atoms with Gasteiger partial charge in [0.05, 0.1) is 4.92 Å². The average Bonchev–Trinajstić information content (AvgIpc) is 2.77. The second-order valence-corrected chi connectivity index (χ2v) is 6.55. The van der Waals surface area contributed by atoms with Crippen molar-refractivity contribution in [2.24, 2.45) is 0 Å². The third-order valence-electron chi connectivity index (χ3n) is 4.58. The van der Waals surface area contributed by atoms with E-state index >= 15 is 0 Å². The SMILES string of the molecule is O=C(COc1ccc([N+](=O)[O-])cc1)NCCC(c1ccccc1)c1ccccc1. The van der Waals surface area contributed by atoms with Gasteiger partial charge >= 0.3 is 0 Å². The van der Waals surface area contributed by atoms with E-state index in [4.69, 9.17) is 4.74 Å². The molecular formula is C23H22N2O4. The lowest BCUT2D eigenvalue weighted by atomic mass is 9.88. The van der Waals surface area contributed by atoms with Crippen molar-refractivity contribution in [1.82, 2.24) is 5.32 Å². The molecule has 0 radical (unpaired) electrons. The molecular weight excluding hydrogens is 368 g/mol. The number of nitro groups is 1. The van der Waals surface area contributed by atoms with E-state index in [0.29, 0.717) is 12.3 Å². The van der Waals surface area contributed by atoms with E-state index in [1.54, 1.807) is 0 Å². The number of hydrogen-bond donors (Lipinski definition) is 1. The number of carbonyl (C=O) groups is 1. The molecule has 0 aliphatic carbocycles. The molecule has 1 N–H and O–H groups in total. The van der Waals surface area contributed by atoms with Crippen LogP contribution in [0.5, 0.6) is 5.75 Å². The van der Waals surface area contributed by atoms with Gasteiger partial charge in [-0.3, -0.25) is 14.9 Å². The van der Waals surface area contributed by atoms with Gasteiger partial charge in [-0.05, 0) is 29.7 Å². The van der Waals surface area contributed by atoms with Gasteiger partial charge < -0.3 is 10.1 Å². The minimum absolute atomic E-state index is 0.0188. The first-order valence-corrected chi connectivity index (χ1v) is 9.37. The quantitative estimate of drug-likeness (QED) is 0.436. The maximum absolute atomic E-state index is 12.1. The molecule has 3 aromatic carbocycles. The Hall–Kier alpha value is -3.67. The molecule has 0 saturated heterocycles. The van der Waals surface area contributed by atoms with Gasteiger partial charge in [-0.15, -0.1) is 0 Å². The van der Waals surface area contributed by atoms with E-state index in [9.17, 15) is 14.9 Å². The molecule has 0 atom stereocenters. The van der Waals surface area contributed by atoms with Crippen molar-refractivity contribution >= 4 is 11.6 Å². The molecule has 3 rings (SSSR count). The third-order valence-corrected chi connectivity index (χ3v) is 4.58. The van der Waals surface area contributed by atoms with E-state index in [2.05, 4.69) is 29.6 Å². The molecule has 1 amide bonds. The highest BCUT2D eigenvalue weighted by Gasteiger charge is 2.14. The Bertz CT molecular complexity index is 889. The monoisotopic (exact) mass is 390 g/mol. The Kier molecular flexibility index (Phi) is 6.95. The van der Waals surface area contributed by atoms with Crippen LogP contribution in [0.15, 0.2) is 84.9 Å². The van der Waals surface area contributed by atoms with Crippen LogP contribution in [0.3, 0.4) is 0 Å². The zero-order chi connectivity index (χ0) is 20.5. The van der Waals surface area contributed by atoms with Gasteiger partial charge in [-0.2, -0.15) is 0 Å². The normalized spacial score (nSPS) is 10.5. The van der Waals surface area contributed by atoms with Crippen molar-refractivity contribution in [3.05, 3.63) is 106 Å². The Balaban J connectivity index is 1.51. The number of amides is 1. The fourth-order valence-electron chi connectivity index (χ4n) is 3.12. The largest absolute Gasteiger partial charge is 0.484 e. The number of nitrogens with one attached hydrogen (secondary N) is 1. The summed E-state index contributed by atoms with van der Waals surface area (Å²) in [6.45, 7) is 0.371. The lowest BCUT2D eigenvalue weighted by Gasteiger charge is -2.18. The van der Waals surface area contributed by atoms with E-state index in [0.717, 1.165) is 6.42 Å². The molecule has 0 saturated carbocycles. The summed E-state index contributed by atoms with van der Waals surface area (Å²) >= 11 is 0. The summed E-state index contributed by atoms with van der Waals surface area (Å²) < 4.78 is 5.39. The lowest BCUT2D eigenvalue weighted by Crippen LogP contribution is -2.30. The summed E-state index contributed by atoms with van der Waals surface area (Å²) in [6.07, 6.45) is 0.761. The molecule has 148 valence electrons. The summed E-state index contributed by atoms with van der Waals surface area (Å²) in [5, 5.41) is 13.5. The number of nitrogens with zero attached hydrogens (tertiary/aromatic N) is 1. The van der Waals surface area contributed by atoms with Gasteiger partial charge in [-0.1, -0.05) is 60.7 Å². The first kappa shape index (κ1) is 20.1. The zero-order valence-electron chi connectivity index (χ0n) is 15.9. The van der Waals surface area contributed by atoms with Crippen molar-refractivity contribution in [3.8, 4) is 5.75 Å². The molecule has 0 spiro atoms. The van der Waals surface area contributed by atoms with Gasteiger partial charge in [-0.25, -0.2) is 0 Å². The van der Waals surface area contributed by atoms with Crippen LogP contribution >= 0.6 is 0 Å². The highest BCUT2D eigenvalue weighted by Crippen LogP contribution is 2.27. The molecule has 0 heterocycles. The summed E-state index contributed by atoms with van der Waals surface area (Å²) in [6, 6.07) is 26.1. The van der Waals surface area contributed by atoms with Crippen LogP contribution in [-0.2, 0) is 4.79 Å². The van der Waals surface area contributed by atoms with Crippen molar-refractivity contribution in [1.29, 1.82) is 0 Å². The van der Waals surface area contributed by atoms with Crippen molar-refractivity contribution in [2.45, 2.75) is 12.3 Å². The fraction of sp³-hybridized carbons (Fsp3) is 0.174. The molecule has 0 aliphatic rings. The molecule has 0 unspecified atom stereocenters. The number of hydrogen-bond acceptors (Lipinski definition) is 4. The van der Waals surface area contributed by atoms with Crippen LogP contribution in [0.2, 0.25) is 0 Å². The number of ether oxygens (including phenoxy) is 1. The van der Waals surface area contributed by atoms with Gasteiger partial charge in [0.1, 0.15) is 5.75 Å². The van der Waals surface area contributed by atoms with Crippen molar-refractivity contribution in [2.75, 3.05) is 13.2 Å². The van der Waals surface area contributed by atoms with Crippen LogP contribution in [-0.4, -0.2) is 24.0 Å². The Morgan fingerprint density at radius 3 is 1.97 bits per heavy atom. The highest BCUT2D eigenvalue weighted by atomic mass is 16.6. The molecule has 29 heavy (non-hydrogen) atoms. The van der Waals surface area contributed by atoms with Gasteiger partial charge in [0, 0.05) is 24.6 Å². The molecule has 0 bridgehead atoms. The predicted molar refractivity (Wildman–Crippen MR) is 111 cm³/mol. The molecule has 6 heteroatoms. The van der Waals surface area contributed by atoms with Gasteiger partial charge in [0.25, 0.3) is 11.6 Å². The third kappa shape index (κ3) is 5.90. The number of nitro benzene ring substituents is 1. The summed E-state index contributed by atoms with van der Waals surface area (Å²) in [4.78, 5) is 22.3. The predicted octanol–water partition coefficient (Wildman–Crippen LogP) is 4.31. The van der Waals surface area contributed by atoms with Crippen LogP contribution in [0.1, 0.15) is 23.5 Å². The fourth-order valence-corrected chi connectivity index (χ4v) is 3.12. The lowest BCUT2D eigenvalue weighted by molar-refractivity contribution is -0.384. The zero-order valence-corrected chi connectivity index (χ0v) is 15.9. The second-order valence-electron chi connectivity index (χ2n) is 6.55. The minimum atomic E-state index is -0.480. The van der Waals surface area contributed by atoms with Crippen LogP contribution in [0, 0.1) is 10.1 Å². The van der Waals surface area contributed by atoms with Crippen LogP contribution in [0.4, 0.5) is 5.69 Å². The highest BCUT2D eigenvalue weighted by molar-refractivity contribution is 5.77. The van der Waals surface area contributed by atoms with E-state index in [1.165, 1.54) is 35.4 Å². The topological polar surface area (TPSA) is 81.5 Å². The second kappa shape index (κ2) is 10.0. The first-order valence-electron chi connectivity index (χ1n) is 9.37. The van der Waals surface area contributed by atoms with Crippen molar-refractivity contribution in [3.63, 3.8) is 0 Å². The maximum atomic E-state index is 12.1. The van der Waals surface area contributed by atoms with Gasteiger partial charge in [0.2, 0.25) is 0 Å². The number of rotatable bonds is 9. The minimum Gasteiger partial charge on any atom is -0.484 e. The van der Waals surface area contributed by atoms with E-state index in [1.807, 2.05) is 36.4 Å².